The number of phenols is 1. The lowest BCUT2D eigenvalue weighted by Crippen LogP contribution is -2.29. The predicted octanol–water partition coefficient (Wildman–Crippen LogP) is 3.27. The fraction of sp³-hybridized carbons (Fsp3) is 0.318. The zero-order valence-electron chi connectivity index (χ0n) is 16.6. The molecule has 1 unspecified atom stereocenters. The van der Waals surface area contributed by atoms with Crippen LogP contribution < -0.4 is 10.1 Å². The van der Waals surface area contributed by atoms with Gasteiger partial charge < -0.3 is 15.2 Å². The van der Waals surface area contributed by atoms with Crippen LogP contribution in [0.25, 0.3) is 6.08 Å². The maximum Gasteiger partial charge on any atom is 0.231 e. The van der Waals surface area contributed by atoms with E-state index in [4.69, 9.17) is 4.74 Å². The van der Waals surface area contributed by atoms with Gasteiger partial charge in [-0.3, -0.25) is 4.79 Å². The van der Waals surface area contributed by atoms with Crippen LogP contribution >= 0.6 is 12.4 Å². The standard InChI is InChI=1S/C22H23NO5S.ClH/c1-2-14-3-5-15(6-4-14)11-20-21(25)17-7-8-19(24)18(22(17)28-20)12-23-16-9-10-29(26,27)13-16;/h3-8,11,16,23-24H,2,9-10,12-13H2,1H3;1H. The summed E-state index contributed by atoms with van der Waals surface area (Å²) in [5, 5.41) is 13.5. The van der Waals surface area contributed by atoms with E-state index in [0.29, 0.717) is 23.3 Å². The molecule has 0 spiro atoms. The van der Waals surface area contributed by atoms with E-state index in [1.165, 1.54) is 11.6 Å². The second kappa shape index (κ2) is 8.79. The number of carbonyl (C=O) groups is 1. The highest BCUT2D eigenvalue weighted by Crippen LogP contribution is 2.39. The number of nitrogens with one attached hydrogen (secondary N) is 1. The first-order valence-corrected chi connectivity index (χ1v) is 11.5. The molecule has 0 bridgehead atoms. The number of halogens is 1. The van der Waals surface area contributed by atoms with Gasteiger partial charge in [0, 0.05) is 12.6 Å². The monoisotopic (exact) mass is 449 g/mol. The van der Waals surface area contributed by atoms with Crippen LogP contribution in [0, 0.1) is 0 Å². The lowest BCUT2D eigenvalue weighted by Gasteiger charge is -2.14. The minimum absolute atomic E-state index is 0. The molecule has 2 aromatic rings. The Kier molecular flexibility index (Phi) is 6.55. The molecule has 0 amide bonds. The van der Waals surface area contributed by atoms with E-state index in [1.54, 1.807) is 12.1 Å². The SMILES string of the molecule is CCc1ccc(C=C2Oc3c(ccc(O)c3CNC3CCS(=O)(=O)C3)C2=O)cc1.Cl. The van der Waals surface area contributed by atoms with Gasteiger partial charge in [-0.25, -0.2) is 8.42 Å². The van der Waals surface area contributed by atoms with Crippen molar-refractivity contribution < 1.29 is 23.1 Å². The van der Waals surface area contributed by atoms with Crippen molar-refractivity contribution in [3.05, 3.63) is 64.4 Å². The van der Waals surface area contributed by atoms with Crippen LogP contribution in [0.3, 0.4) is 0 Å². The summed E-state index contributed by atoms with van der Waals surface area (Å²) in [5.41, 5.74) is 2.93. The highest BCUT2D eigenvalue weighted by atomic mass is 35.5. The summed E-state index contributed by atoms with van der Waals surface area (Å²) in [5.74, 6) is 0.575. The number of hydrogen-bond acceptors (Lipinski definition) is 6. The number of aryl methyl sites for hydroxylation is 1. The number of carbonyl (C=O) groups excluding carboxylic acids is 1. The van der Waals surface area contributed by atoms with Crippen LogP contribution in [0.5, 0.6) is 11.5 Å². The van der Waals surface area contributed by atoms with Crippen molar-refractivity contribution in [2.75, 3.05) is 11.5 Å². The average Bonchev–Trinajstić information content (AvgIpc) is 3.20. The minimum atomic E-state index is -3.00. The highest BCUT2D eigenvalue weighted by molar-refractivity contribution is 7.91. The molecule has 30 heavy (non-hydrogen) atoms. The van der Waals surface area contributed by atoms with Crippen molar-refractivity contribution in [2.45, 2.75) is 32.4 Å². The number of benzene rings is 2. The first-order valence-electron chi connectivity index (χ1n) is 9.68. The summed E-state index contributed by atoms with van der Waals surface area (Å²) in [6.07, 6.45) is 3.17. The van der Waals surface area contributed by atoms with Gasteiger partial charge in [0.2, 0.25) is 5.78 Å². The first kappa shape index (κ1) is 22.3. The molecular formula is C22H24ClNO5S. The number of rotatable bonds is 5. The van der Waals surface area contributed by atoms with E-state index in [1.807, 2.05) is 24.3 Å². The summed E-state index contributed by atoms with van der Waals surface area (Å²) in [7, 11) is -3.00. The zero-order valence-corrected chi connectivity index (χ0v) is 18.2. The minimum Gasteiger partial charge on any atom is -0.507 e. The Hall–Kier alpha value is -2.35. The lowest BCUT2D eigenvalue weighted by molar-refractivity contribution is 0.101. The van der Waals surface area contributed by atoms with Crippen molar-refractivity contribution in [1.82, 2.24) is 5.32 Å². The Balaban J connectivity index is 0.00000256. The summed E-state index contributed by atoms with van der Waals surface area (Å²) in [6, 6.07) is 10.8. The molecule has 0 aliphatic carbocycles. The smallest absolute Gasteiger partial charge is 0.231 e. The van der Waals surface area contributed by atoms with Gasteiger partial charge in [-0.15, -0.1) is 12.4 Å². The van der Waals surface area contributed by atoms with Gasteiger partial charge in [0.1, 0.15) is 11.5 Å². The summed E-state index contributed by atoms with van der Waals surface area (Å²) in [4.78, 5) is 12.8. The summed E-state index contributed by atoms with van der Waals surface area (Å²) >= 11 is 0. The second-order valence-electron chi connectivity index (χ2n) is 7.46. The van der Waals surface area contributed by atoms with E-state index in [-0.39, 0.29) is 53.8 Å². The van der Waals surface area contributed by atoms with Gasteiger partial charge in [0.25, 0.3) is 0 Å². The molecule has 1 saturated heterocycles. The lowest BCUT2D eigenvalue weighted by atomic mass is 10.0. The quantitative estimate of drug-likeness (QED) is 0.680. The van der Waals surface area contributed by atoms with Gasteiger partial charge in [-0.1, -0.05) is 31.2 Å². The van der Waals surface area contributed by atoms with Crippen LogP contribution in [0.2, 0.25) is 0 Å². The van der Waals surface area contributed by atoms with Gasteiger partial charge in [0.05, 0.1) is 22.6 Å². The number of fused-ring (bicyclic) bond motifs is 1. The van der Waals surface area contributed by atoms with E-state index in [0.717, 1.165) is 12.0 Å². The average molecular weight is 450 g/mol. The Morgan fingerprint density at radius 1 is 1.20 bits per heavy atom. The molecule has 0 aromatic heterocycles. The number of Topliss-reactive ketones (excluding diaryl/α,β-unsaturated/α-hetero) is 1. The highest BCUT2D eigenvalue weighted by Gasteiger charge is 2.32. The van der Waals surface area contributed by atoms with E-state index < -0.39 is 9.84 Å². The topological polar surface area (TPSA) is 92.7 Å². The molecule has 0 saturated carbocycles. The van der Waals surface area contributed by atoms with Gasteiger partial charge >= 0.3 is 0 Å². The Labute approximate surface area is 182 Å². The van der Waals surface area contributed by atoms with E-state index in [2.05, 4.69) is 12.2 Å². The van der Waals surface area contributed by atoms with Crippen LogP contribution in [0.1, 0.15) is 40.4 Å². The van der Waals surface area contributed by atoms with Gasteiger partial charge in [0.15, 0.2) is 15.6 Å². The maximum atomic E-state index is 12.8. The molecule has 0 radical (unpaired) electrons. The molecule has 1 fully saturated rings. The summed E-state index contributed by atoms with van der Waals surface area (Å²) < 4.78 is 29.1. The number of ether oxygens (including phenoxy) is 1. The number of allylic oxidation sites excluding steroid dienone is 1. The van der Waals surface area contributed by atoms with Crippen molar-refractivity contribution >= 4 is 34.1 Å². The van der Waals surface area contributed by atoms with E-state index >= 15 is 0 Å². The number of ketones is 1. The molecule has 2 heterocycles. The normalized spacial score (nSPS) is 20.6. The molecule has 4 rings (SSSR count). The number of aromatic hydroxyl groups is 1. The number of phenolic OH excluding ortho intramolecular Hbond substituents is 1. The van der Waals surface area contributed by atoms with Gasteiger partial charge in [-0.05, 0) is 42.2 Å². The van der Waals surface area contributed by atoms with Gasteiger partial charge in [-0.2, -0.15) is 0 Å². The first-order chi connectivity index (χ1) is 13.9. The molecular weight excluding hydrogens is 426 g/mol. The molecule has 6 nitrogen and oxygen atoms in total. The molecule has 2 aliphatic rings. The molecule has 2 N–H and O–H groups in total. The fourth-order valence-electron chi connectivity index (χ4n) is 3.67. The fourth-order valence-corrected chi connectivity index (χ4v) is 5.38. The molecule has 2 aliphatic heterocycles. The molecule has 2 aromatic carbocycles. The van der Waals surface area contributed by atoms with Crippen LogP contribution in [-0.2, 0) is 22.8 Å². The van der Waals surface area contributed by atoms with E-state index in [9.17, 15) is 18.3 Å². The Morgan fingerprint density at radius 3 is 2.57 bits per heavy atom. The number of sulfone groups is 1. The van der Waals surface area contributed by atoms with Crippen molar-refractivity contribution in [3.63, 3.8) is 0 Å². The van der Waals surface area contributed by atoms with Crippen LogP contribution in [-0.4, -0.2) is 36.9 Å². The third-order valence-corrected chi connectivity index (χ3v) is 7.17. The summed E-state index contributed by atoms with van der Waals surface area (Å²) in [6.45, 7) is 2.30. The second-order valence-corrected chi connectivity index (χ2v) is 9.68. The largest absolute Gasteiger partial charge is 0.507 e. The van der Waals surface area contributed by atoms with Crippen LogP contribution in [0.15, 0.2) is 42.2 Å². The van der Waals surface area contributed by atoms with Crippen LogP contribution in [0.4, 0.5) is 0 Å². The van der Waals surface area contributed by atoms with Crippen molar-refractivity contribution in [2.24, 2.45) is 0 Å². The maximum absolute atomic E-state index is 12.8. The third-order valence-electron chi connectivity index (χ3n) is 5.40. The molecule has 1 atom stereocenters. The zero-order chi connectivity index (χ0) is 20.6. The number of hydrogen-bond donors (Lipinski definition) is 2. The Morgan fingerprint density at radius 2 is 1.93 bits per heavy atom. The molecule has 160 valence electrons. The Bertz CT molecular complexity index is 1090. The van der Waals surface area contributed by atoms with Crippen molar-refractivity contribution in [3.8, 4) is 11.5 Å². The third kappa shape index (κ3) is 4.53. The predicted molar refractivity (Wildman–Crippen MR) is 118 cm³/mol. The molecule has 8 heteroatoms. The van der Waals surface area contributed by atoms with Crippen molar-refractivity contribution in [1.29, 1.82) is 0 Å².